The van der Waals surface area contributed by atoms with Gasteiger partial charge in [0.05, 0.1) is 18.5 Å². The predicted octanol–water partition coefficient (Wildman–Crippen LogP) is 4.34. The quantitative estimate of drug-likeness (QED) is 0.735. The minimum atomic E-state index is -0.442. The Bertz CT molecular complexity index is 939. The number of hydrogen-bond acceptors (Lipinski definition) is 3. The number of rotatable bonds is 5. The average molecular weight is 362 g/mol. The van der Waals surface area contributed by atoms with E-state index in [4.69, 9.17) is 16.3 Å². The number of hydrogen-bond donors (Lipinski definition) is 1. The molecule has 0 aliphatic carbocycles. The van der Waals surface area contributed by atoms with E-state index in [1.807, 2.05) is 6.92 Å². The molecule has 1 N–H and O–H groups in total. The van der Waals surface area contributed by atoms with Gasteiger partial charge in [-0.3, -0.25) is 9.20 Å². The summed E-state index contributed by atoms with van der Waals surface area (Å²) in [6.45, 7) is 1.99. The second-order valence-electron chi connectivity index (χ2n) is 5.53. The summed E-state index contributed by atoms with van der Waals surface area (Å²) in [5, 5.41) is 3.25. The third-order valence-electron chi connectivity index (χ3n) is 3.77. The second kappa shape index (κ2) is 7.11. The molecule has 3 rings (SSSR count). The Morgan fingerprint density at radius 3 is 2.88 bits per heavy atom. The van der Waals surface area contributed by atoms with Crippen LogP contribution in [0, 0.1) is 5.82 Å². The van der Waals surface area contributed by atoms with E-state index < -0.39 is 11.7 Å². The van der Waals surface area contributed by atoms with E-state index in [9.17, 15) is 9.18 Å². The van der Waals surface area contributed by atoms with Gasteiger partial charge in [-0.2, -0.15) is 0 Å². The molecule has 0 fully saturated rings. The van der Waals surface area contributed by atoms with E-state index in [2.05, 4.69) is 10.3 Å². The average Bonchev–Trinajstić information content (AvgIpc) is 2.92. The van der Waals surface area contributed by atoms with Crippen molar-refractivity contribution in [3.8, 4) is 5.75 Å². The molecule has 0 bridgehead atoms. The van der Waals surface area contributed by atoms with Gasteiger partial charge in [0, 0.05) is 11.2 Å². The molecule has 0 unspecified atom stereocenters. The van der Waals surface area contributed by atoms with Crippen molar-refractivity contribution >= 4 is 28.8 Å². The smallest absolute Gasteiger partial charge is 0.274 e. The maximum atomic E-state index is 13.7. The van der Waals surface area contributed by atoms with E-state index in [-0.39, 0.29) is 0 Å². The van der Waals surface area contributed by atoms with Gasteiger partial charge in [0.15, 0.2) is 0 Å². The Morgan fingerprint density at radius 2 is 2.16 bits per heavy atom. The molecule has 0 radical (unpaired) electrons. The van der Waals surface area contributed by atoms with Gasteiger partial charge in [-0.1, -0.05) is 24.9 Å². The topological polar surface area (TPSA) is 55.6 Å². The largest absolute Gasteiger partial charge is 0.495 e. The summed E-state index contributed by atoms with van der Waals surface area (Å²) >= 11 is 6.00. The fourth-order valence-electron chi connectivity index (χ4n) is 2.68. The first-order valence-electron chi connectivity index (χ1n) is 7.85. The number of methoxy groups -OCH3 is 1. The summed E-state index contributed by atoms with van der Waals surface area (Å²) in [5.74, 6) is -0.362. The zero-order chi connectivity index (χ0) is 18.0. The lowest BCUT2D eigenvalue weighted by Crippen LogP contribution is -2.17. The first-order valence-corrected chi connectivity index (χ1v) is 8.22. The summed E-state index contributed by atoms with van der Waals surface area (Å²) in [6.07, 6.45) is 2.68. The minimum absolute atomic E-state index is 0.304. The number of ether oxygens (including phenoxy) is 1. The van der Waals surface area contributed by atoms with Crippen LogP contribution in [0.1, 0.15) is 29.5 Å². The molecular formula is C18H17ClFN3O2. The molecule has 3 aromatic rings. The molecule has 0 atom stereocenters. The van der Waals surface area contributed by atoms with Gasteiger partial charge in [-0.05, 0) is 36.8 Å². The number of halogens is 2. The Balaban J connectivity index is 2.06. The Hall–Kier alpha value is -2.60. The highest BCUT2D eigenvalue weighted by atomic mass is 35.5. The van der Waals surface area contributed by atoms with Gasteiger partial charge in [0.25, 0.3) is 5.91 Å². The molecule has 0 saturated carbocycles. The SMILES string of the molecule is CCCc1nc2ccc(F)cn2c1C(=O)Nc1cc(Cl)ccc1OC. The molecule has 0 aliphatic rings. The van der Waals surface area contributed by atoms with Crippen LogP contribution < -0.4 is 10.1 Å². The van der Waals surface area contributed by atoms with Gasteiger partial charge in [-0.25, -0.2) is 9.37 Å². The summed E-state index contributed by atoms with van der Waals surface area (Å²) in [6, 6.07) is 7.80. The maximum absolute atomic E-state index is 13.7. The number of fused-ring (bicyclic) bond motifs is 1. The van der Waals surface area contributed by atoms with Crippen LogP contribution in [-0.2, 0) is 6.42 Å². The molecule has 5 nitrogen and oxygen atoms in total. The lowest BCUT2D eigenvalue weighted by Gasteiger charge is -2.11. The van der Waals surface area contributed by atoms with Gasteiger partial charge >= 0.3 is 0 Å². The maximum Gasteiger partial charge on any atom is 0.274 e. The van der Waals surface area contributed by atoms with Crippen molar-refractivity contribution in [2.45, 2.75) is 19.8 Å². The van der Waals surface area contributed by atoms with Crippen LogP contribution in [0.4, 0.5) is 10.1 Å². The summed E-state index contributed by atoms with van der Waals surface area (Å²) in [4.78, 5) is 17.3. The monoisotopic (exact) mass is 361 g/mol. The first-order chi connectivity index (χ1) is 12.0. The number of anilines is 1. The van der Waals surface area contributed by atoms with Gasteiger partial charge in [-0.15, -0.1) is 0 Å². The van der Waals surface area contributed by atoms with Crippen LogP contribution >= 0.6 is 11.6 Å². The Labute approximate surface area is 149 Å². The van der Waals surface area contributed by atoms with E-state index in [0.29, 0.717) is 39.9 Å². The molecule has 1 aromatic carbocycles. The van der Waals surface area contributed by atoms with E-state index in [1.165, 1.54) is 23.8 Å². The van der Waals surface area contributed by atoms with Crippen molar-refractivity contribution in [3.05, 3.63) is 58.8 Å². The molecule has 0 saturated heterocycles. The number of imidazole rings is 1. The molecular weight excluding hydrogens is 345 g/mol. The number of carbonyl (C=O) groups is 1. The van der Waals surface area contributed by atoms with Crippen molar-refractivity contribution in [3.63, 3.8) is 0 Å². The number of benzene rings is 1. The fourth-order valence-corrected chi connectivity index (χ4v) is 2.85. The van der Waals surface area contributed by atoms with Crippen molar-refractivity contribution < 1.29 is 13.9 Å². The van der Waals surface area contributed by atoms with Crippen LogP contribution in [0.15, 0.2) is 36.5 Å². The second-order valence-corrected chi connectivity index (χ2v) is 5.97. The third-order valence-corrected chi connectivity index (χ3v) is 4.00. The molecule has 2 aromatic heterocycles. The number of nitrogens with zero attached hydrogens (tertiary/aromatic N) is 2. The zero-order valence-electron chi connectivity index (χ0n) is 13.8. The van der Waals surface area contributed by atoms with Gasteiger partial charge in [0.1, 0.15) is 22.9 Å². The van der Waals surface area contributed by atoms with Crippen molar-refractivity contribution in [2.75, 3.05) is 12.4 Å². The van der Waals surface area contributed by atoms with Crippen LogP contribution in [0.5, 0.6) is 5.75 Å². The van der Waals surface area contributed by atoms with Crippen LogP contribution in [0.3, 0.4) is 0 Å². The Morgan fingerprint density at radius 1 is 1.36 bits per heavy atom. The summed E-state index contributed by atoms with van der Waals surface area (Å²) in [5.41, 5.74) is 1.88. The highest BCUT2D eigenvalue weighted by Crippen LogP contribution is 2.28. The molecule has 1 amide bonds. The number of carbonyl (C=O) groups excluding carboxylic acids is 1. The van der Waals surface area contributed by atoms with Crippen LogP contribution in [-0.4, -0.2) is 22.4 Å². The van der Waals surface area contributed by atoms with E-state index >= 15 is 0 Å². The van der Waals surface area contributed by atoms with E-state index in [1.54, 1.807) is 24.3 Å². The van der Waals surface area contributed by atoms with Crippen molar-refractivity contribution in [1.82, 2.24) is 9.38 Å². The van der Waals surface area contributed by atoms with E-state index in [0.717, 1.165) is 6.42 Å². The molecule has 7 heteroatoms. The fraction of sp³-hybridized carbons (Fsp3) is 0.222. The standard InChI is InChI=1S/C18H17ClFN3O2/c1-3-4-13-17(23-10-12(20)6-8-16(23)21-13)18(24)22-14-9-11(19)5-7-15(14)25-2/h5-10H,3-4H2,1-2H3,(H,22,24). The minimum Gasteiger partial charge on any atom is -0.495 e. The Kier molecular flexibility index (Phi) is 4.90. The number of amides is 1. The van der Waals surface area contributed by atoms with Crippen molar-refractivity contribution in [1.29, 1.82) is 0 Å². The number of nitrogens with one attached hydrogen (secondary N) is 1. The third kappa shape index (κ3) is 3.44. The highest BCUT2D eigenvalue weighted by Gasteiger charge is 2.20. The van der Waals surface area contributed by atoms with Gasteiger partial charge in [0.2, 0.25) is 0 Å². The zero-order valence-corrected chi connectivity index (χ0v) is 14.6. The highest BCUT2D eigenvalue weighted by molar-refractivity contribution is 6.31. The number of pyridine rings is 1. The lowest BCUT2D eigenvalue weighted by atomic mass is 10.2. The lowest BCUT2D eigenvalue weighted by molar-refractivity contribution is 0.102. The number of aromatic nitrogens is 2. The van der Waals surface area contributed by atoms with Crippen LogP contribution in [0.25, 0.3) is 5.65 Å². The molecule has 25 heavy (non-hydrogen) atoms. The predicted molar refractivity (Wildman–Crippen MR) is 95.1 cm³/mol. The first kappa shape index (κ1) is 17.2. The summed E-state index contributed by atoms with van der Waals surface area (Å²) < 4.78 is 20.4. The molecule has 130 valence electrons. The normalized spacial score (nSPS) is 10.9. The number of aryl methyl sites for hydroxylation is 1. The molecule has 2 heterocycles. The molecule has 0 aliphatic heterocycles. The molecule has 0 spiro atoms. The van der Waals surface area contributed by atoms with Gasteiger partial charge < -0.3 is 10.1 Å². The van der Waals surface area contributed by atoms with Crippen LogP contribution in [0.2, 0.25) is 5.02 Å². The summed E-state index contributed by atoms with van der Waals surface area (Å²) in [7, 11) is 1.50. The van der Waals surface area contributed by atoms with Crippen molar-refractivity contribution in [2.24, 2.45) is 0 Å².